The van der Waals surface area contributed by atoms with E-state index in [2.05, 4.69) is 0 Å². The van der Waals surface area contributed by atoms with Gasteiger partial charge in [0, 0.05) is 11.1 Å². The standard InChI is InChI=1S/C19H16O3/c1-12-15(13-8-4-2-5-9-13)18(21)19(22)16(17(12)20)14-10-6-3-7-11-14/h2-11,20-22H,1H3. The van der Waals surface area contributed by atoms with Gasteiger partial charge in [0.2, 0.25) is 0 Å². The van der Waals surface area contributed by atoms with Crippen LogP contribution < -0.4 is 0 Å². The first kappa shape index (κ1) is 14.0. The maximum absolute atomic E-state index is 10.5. The van der Waals surface area contributed by atoms with Gasteiger partial charge in [-0.15, -0.1) is 0 Å². The Bertz CT molecular complexity index is 710. The fraction of sp³-hybridized carbons (Fsp3) is 0.0526. The first-order valence-electron chi connectivity index (χ1n) is 6.99. The van der Waals surface area contributed by atoms with Crippen LogP contribution in [0.3, 0.4) is 0 Å². The van der Waals surface area contributed by atoms with E-state index in [1.165, 1.54) is 0 Å². The minimum Gasteiger partial charge on any atom is -0.507 e. The molecule has 0 heterocycles. The Balaban J connectivity index is 2.31. The monoisotopic (exact) mass is 292 g/mol. The van der Waals surface area contributed by atoms with Crippen molar-refractivity contribution in [2.45, 2.75) is 6.92 Å². The molecule has 22 heavy (non-hydrogen) atoms. The number of aromatic hydroxyl groups is 3. The molecule has 0 spiro atoms. The highest BCUT2D eigenvalue weighted by atomic mass is 16.3. The molecule has 0 atom stereocenters. The molecule has 110 valence electrons. The molecule has 3 aromatic carbocycles. The third-order valence-corrected chi connectivity index (χ3v) is 3.79. The van der Waals surface area contributed by atoms with Crippen molar-refractivity contribution in [2.24, 2.45) is 0 Å². The van der Waals surface area contributed by atoms with Crippen LogP contribution >= 0.6 is 0 Å². The lowest BCUT2D eigenvalue weighted by atomic mass is 9.92. The number of phenols is 3. The van der Waals surface area contributed by atoms with Crippen molar-refractivity contribution in [1.82, 2.24) is 0 Å². The van der Waals surface area contributed by atoms with Crippen LogP contribution in [0.25, 0.3) is 22.3 Å². The van der Waals surface area contributed by atoms with Crippen molar-refractivity contribution >= 4 is 0 Å². The Hall–Kier alpha value is -2.94. The van der Waals surface area contributed by atoms with Crippen LogP contribution in [0.1, 0.15) is 5.56 Å². The van der Waals surface area contributed by atoms with Gasteiger partial charge in [0.25, 0.3) is 0 Å². The van der Waals surface area contributed by atoms with Gasteiger partial charge in [0.05, 0.1) is 5.56 Å². The summed E-state index contributed by atoms with van der Waals surface area (Å²) in [5, 5.41) is 31.4. The molecule has 3 N–H and O–H groups in total. The number of rotatable bonds is 2. The van der Waals surface area contributed by atoms with Crippen molar-refractivity contribution in [1.29, 1.82) is 0 Å². The maximum Gasteiger partial charge on any atom is 0.169 e. The molecular weight excluding hydrogens is 276 g/mol. The van der Waals surface area contributed by atoms with E-state index < -0.39 is 0 Å². The second-order valence-electron chi connectivity index (χ2n) is 5.15. The van der Waals surface area contributed by atoms with Crippen LogP contribution in [0, 0.1) is 6.92 Å². The number of hydrogen-bond donors (Lipinski definition) is 3. The molecule has 0 aliphatic carbocycles. The van der Waals surface area contributed by atoms with Crippen LogP contribution in [-0.4, -0.2) is 15.3 Å². The van der Waals surface area contributed by atoms with Gasteiger partial charge in [0.1, 0.15) is 5.75 Å². The normalized spacial score (nSPS) is 10.6. The highest BCUT2D eigenvalue weighted by Gasteiger charge is 2.22. The van der Waals surface area contributed by atoms with E-state index >= 15 is 0 Å². The molecule has 0 saturated heterocycles. The quantitative estimate of drug-likeness (QED) is 0.483. The first-order chi connectivity index (χ1) is 10.6. The topological polar surface area (TPSA) is 60.7 Å². The summed E-state index contributed by atoms with van der Waals surface area (Å²) in [7, 11) is 0. The molecule has 0 aliphatic heterocycles. The molecule has 3 rings (SSSR count). The number of phenolic OH excluding ortho intramolecular Hbond substituents is 3. The molecule has 0 unspecified atom stereocenters. The van der Waals surface area contributed by atoms with Gasteiger partial charge in [-0.1, -0.05) is 60.7 Å². The molecular formula is C19H16O3. The van der Waals surface area contributed by atoms with E-state index in [1.807, 2.05) is 48.5 Å². The molecule has 0 radical (unpaired) electrons. The van der Waals surface area contributed by atoms with E-state index in [-0.39, 0.29) is 22.8 Å². The lowest BCUT2D eigenvalue weighted by Crippen LogP contribution is -1.91. The lowest BCUT2D eigenvalue weighted by molar-refractivity contribution is 0.399. The zero-order valence-corrected chi connectivity index (χ0v) is 12.1. The van der Waals surface area contributed by atoms with Crippen LogP contribution in [0.15, 0.2) is 60.7 Å². The van der Waals surface area contributed by atoms with E-state index in [0.717, 1.165) is 5.56 Å². The van der Waals surface area contributed by atoms with Gasteiger partial charge >= 0.3 is 0 Å². The number of hydrogen-bond acceptors (Lipinski definition) is 3. The fourth-order valence-electron chi connectivity index (χ4n) is 2.67. The van der Waals surface area contributed by atoms with Crippen LogP contribution in [0.2, 0.25) is 0 Å². The van der Waals surface area contributed by atoms with Crippen molar-refractivity contribution in [3.05, 3.63) is 66.2 Å². The van der Waals surface area contributed by atoms with Crippen molar-refractivity contribution < 1.29 is 15.3 Å². The zero-order chi connectivity index (χ0) is 15.7. The summed E-state index contributed by atoms with van der Waals surface area (Å²) in [6.07, 6.45) is 0. The third-order valence-electron chi connectivity index (χ3n) is 3.79. The van der Waals surface area contributed by atoms with Crippen molar-refractivity contribution in [3.63, 3.8) is 0 Å². The van der Waals surface area contributed by atoms with Gasteiger partial charge in [-0.2, -0.15) is 0 Å². The molecule has 0 fully saturated rings. The minimum absolute atomic E-state index is 0.0275. The summed E-state index contributed by atoms with van der Waals surface area (Å²) in [6, 6.07) is 18.2. The van der Waals surface area contributed by atoms with E-state index in [4.69, 9.17) is 0 Å². The maximum atomic E-state index is 10.5. The van der Waals surface area contributed by atoms with Crippen LogP contribution in [0.5, 0.6) is 17.2 Å². The molecule has 0 bridgehead atoms. The average molecular weight is 292 g/mol. The second-order valence-corrected chi connectivity index (χ2v) is 5.15. The Kier molecular flexibility index (Phi) is 3.47. The Morgan fingerprint density at radius 2 is 0.955 bits per heavy atom. The largest absolute Gasteiger partial charge is 0.507 e. The summed E-state index contributed by atoms with van der Waals surface area (Å²) >= 11 is 0. The summed E-state index contributed by atoms with van der Waals surface area (Å²) in [5.41, 5.74) is 2.60. The minimum atomic E-state index is -0.312. The van der Waals surface area contributed by atoms with Gasteiger partial charge < -0.3 is 15.3 Å². The SMILES string of the molecule is Cc1c(O)c(-c2ccccc2)c(O)c(O)c1-c1ccccc1. The Labute approximate surface area is 128 Å². The average Bonchev–Trinajstić information content (AvgIpc) is 2.55. The van der Waals surface area contributed by atoms with Crippen LogP contribution in [0.4, 0.5) is 0 Å². The summed E-state index contributed by atoms with van der Waals surface area (Å²) < 4.78 is 0. The first-order valence-corrected chi connectivity index (χ1v) is 6.99. The smallest absolute Gasteiger partial charge is 0.169 e. The molecule has 0 aromatic heterocycles. The lowest BCUT2D eigenvalue weighted by Gasteiger charge is -2.17. The van der Waals surface area contributed by atoms with Gasteiger partial charge in [-0.25, -0.2) is 0 Å². The van der Waals surface area contributed by atoms with Crippen molar-refractivity contribution in [3.8, 4) is 39.5 Å². The Morgan fingerprint density at radius 1 is 0.545 bits per heavy atom. The molecule has 3 aromatic rings. The highest BCUT2D eigenvalue weighted by molar-refractivity contribution is 5.89. The second kappa shape index (κ2) is 5.45. The highest BCUT2D eigenvalue weighted by Crippen LogP contribution is 2.50. The van der Waals surface area contributed by atoms with E-state index in [9.17, 15) is 15.3 Å². The van der Waals surface area contributed by atoms with Crippen LogP contribution in [-0.2, 0) is 0 Å². The van der Waals surface area contributed by atoms with E-state index in [1.54, 1.807) is 19.1 Å². The van der Waals surface area contributed by atoms with Gasteiger partial charge in [-0.3, -0.25) is 0 Å². The predicted octanol–water partition coefficient (Wildman–Crippen LogP) is 4.45. The van der Waals surface area contributed by atoms with Gasteiger partial charge in [-0.05, 0) is 18.1 Å². The molecule has 0 amide bonds. The number of benzene rings is 3. The molecule has 3 nitrogen and oxygen atoms in total. The summed E-state index contributed by atoms with van der Waals surface area (Å²) in [4.78, 5) is 0. The van der Waals surface area contributed by atoms with Crippen molar-refractivity contribution in [2.75, 3.05) is 0 Å². The molecule has 0 saturated carbocycles. The molecule has 3 heteroatoms. The zero-order valence-electron chi connectivity index (χ0n) is 12.1. The van der Waals surface area contributed by atoms with Gasteiger partial charge in [0.15, 0.2) is 11.5 Å². The molecule has 0 aliphatic rings. The summed E-state index contributed by atoms with van der Waals surface area (Å²) in [6.45, 7) is 1.73. The fourth-order valence-corrected chi connectivity index (χ4v) is 2.67. The third kappa shape index (κ3) is 2.17. The predicted molar refractivity (Wildman–Crippen MR) is 87.0 cm³/mol. The Morgan fingerprint density at radius 3 is 1.45 bits per heavy atom. The van der Waals surface area contributed by atoms with E-state index in [0.29, 0.717) is 16.7 Å². The summed E-state index contributed by atoms with van der Waals surface area (Å²) in [5.74, 6) is -0.561.